The van der Waals surface area contributed by atoms with E-state index in [0.29, 0.717) is 16.0 Å². The number of benzene rings is 1. The smallest absolute Gasteiger partial charge is 0.372 e. The van der Waals surface area contributed by atoms with Crippen LogP contribution in [0, 0.1) is 6.92 Å². The van der Waals surface area contributed by atoms with E-state index in [1.807, 2.05) is 0 Å². The highest BCUT2D eigenvalue weighted by atomic mass is 79.9. The van der Waals surface area contributed by atoms with Gasteiger partial charge in [0.25, 0.3) is 0 Å². The fourth-order valence-electron chi connectivity index (χ4n) is 1.77. The van der Waals surface area contributed by atoms with Gasteiger partial charge in [-0.15, -0.1) is 0 Å². The fourth-order valence-corrected chi connectivity index (χ4v) is 2.15. The van der Waals surface area contributed by atoms with Crippen LogP contribution in [0.3, 0.4) is 0 Å². The molecule has 1 aromatic heterocycles. The summed E-state index contributed by atoms with van der Waals surface area (Å²) in [5, 5.41) is 2.83. The minimum atomic E-state index is -4.44. The van der Waals surface area contributed by atoms with Crippen molar-refractivity contribution < 1.29 is 13.2 Å². The highest BCUT2D eigenvalue weighted by Gasteiger charge is 2.34. The Morgan fingerprint density at radius 1 is 1.15 bits per heavy atom. The van der Waals surface area contributed by atoms with Crippen molar-refractivity contribution in [1.29, 1.82) is 0 Å². The van der Waals surface area contributed by atoms with Crippen LogP contribution in [0.4, 0.5) is 19.0 Å². The summed E-state index contributed by atoms with van der Waals surface area (Å²) in [4.78, 5) is 8.25. The van der Waals surface area contributed by atoms with Gasteiger partial charge in [-0.3, -0.25) is 0 Å². The Balaban J connectivity index is 2.67. The van der Waals surface area contributed by atoms with Crippen molar-refractivity contribution in [2.75, 3.05) is 12.4 Å². The van der Waals surface area contributed by atoms with Gasteiger partial charge in [0.1, 0.15) is 5.82 Å². The second-order valence-electron chi connectivity index (χ2n) is 4.09. The number of halogens is 4. The maximum absolute atomic E-state index is 13.0. The van der Waals surface area contributed by atoms with Crippen molar-refractivity contribution >= 4 is 21.7 Å². The summed E-state index contributed by atoms with van der Waals surface area (Å²) in [6.45, 7) is 1.70. The molecule has 0 fully saturated rings. The lowest BCUT2D eigenvalue weighted by Crippen LogP contribution is -2.09. The molecular weight excluding hydrogens is 335 g/mol. The van der Waals surface area contributed by atoms with Gasteiger partial charge in [-0.1, -0.05) is 18.2 Å². The second kappa shape index (κ2) is 5.40. The summed E-state index contributed by atoms with van der Waals surface area (Å²) in [7, 11) is 1.64. The average Bonchev–Trinajstić information content (AvgIpc) is 2.40. The Morgan fingerprint density at radius 3 is 2.40 bits per heavy atom. The molecule has 0 radical (unpaired) electrons. The highest BCUT2D eigenvalue weighted by molar-refractivity contribution is 9.10. The second-order valence-corrected chi connectivity index (χ2v) is 4.88. The van der Waals surface area contributed by atoms with Crippen molar-refractivity contribution in [3.05, 3.63) is 40.0 Å². The van der Waals surface area contributed by atoms with Crippen LogP contribution in [0.25, 0.3) is 11.4 Å². The fraction of sp³-hybridized carbons (Fsp3) is 0.231. The van der Waals surface area contributed by atoms with Gasteiger partial charge in [0.05, 0.1) is 15.7 Å². The first-order valence-corrected chi connectivity index (χ1v) is 6.52. The standard InChI is InChI=1S/C13H11BrF3N3/c1-7-10(14)12(18-2)20-11(19-7)8-5-3-4-6-9(8)13(15,16)17/h3-6H,1-2H3,(H,18,19,20). The van der Waals surface area contributed by atoms with E-state index in [4.69, 9.17) is 0 Å². The molecule has 20 heavy (non-hydrogen) atoms. The van der Waals surface area contributed by atoms with Crippen molar-refractivity contribution in [2.24, 2.45) is 0 Å². The molecule has 0 saturated carbocycles. The van der Waals surface area contributed by atoms with Gasteiger partial charge >= 0.3 is 6.18 Å². The average molecular weight is 346 g/mol. The first-order chi connectivity index (χ1) is 9.34. The predicted molar refractivity (Wildman–Crippen MR) is 74.5 cm³/mol. The molecule has 2 aromatic rings. The third kappa shape index (κ3) is 2.77. The van der Waals surface area contributed by atoms with Crippen molar-refractivity contribution in [2.45, 2.75) is 13.1 Å². The first-order valence-electron chi connectivity index (χ1n) is 5.73. The molecule has 7 heteroatoms. The SMILES string of the molecule is CNc1nc(-c2ccccc2C(F)(F)F)nc(C)c1Br. The van der Waals surface area contributed by atoms with E-state index in [0.717, 1.165) is 6.07 Å². The summed E-state index contributed by atoms with van der Waals surface area (Å²) in [5.74, 6) is 0.493. The Kier molecular flexibility index (Phi) is 3.99. The zero-order valence-corrected chi connectivity index (χ0v) is 12.3. The third-order valence-corrected chi connectivity index (χ3v) is 3.68. The number of hydrogen-bond acceptors (Lipinski definition) is 3. The van der Waals surface area contributed by atoms with Crippen molar-refractivity contribution in [3.63, 3.8) is 0 Å². The van der Waals surface area contributed by atoms with Gasteiger partial charge in [0.2, 0.25) is 0 Å². The van der Waals surface area contributed by atoms with Crippen LogP contribution >= 0.6 is 15.9 Å². The number of rotatable bonds is 2. The normalized spacial score (nSPS) is 11.5. The van der Waals surface area contributed by atoms with Crippen molar-refractivity contribution in [1.82, 2.24) is 9.97 Å². The van der Waals surface area contributed by atoms with Crippen LogP contribution in [-0.4, -0.2) is 17.0 Å². The van der Waals surface area contributed by atoms with Crippen LogP contribution in [0.1, 0.15) is 11.3 Å². The van der Waals surface area contributed by atoms with E-state index in [1.165, 1.54) is 18.2 Å². The van der Waals surface area contributed by atoms with Gasteiger partial charge in [-0.25, -0.2) is 9.97 Å². The number of aromatic nitrogens is 2. The van der Waals surface area contributed by atoms with Crippen LogP contribution in [-0.2, 0) is 6.18 Å². The summed E-state index contributed by atoms with van der Waals surface area (Å²) < 4.78 is 39.7. The largest absolute Gasteiger partial charge is 0.417 e. The van der Waals surface area contributed by atoms with Gasteiger partial charge < -0.3 is 5.32 Å². The molecule has 0 unspecified atom stereocenters. The lowest BCUT2D eigenvalue weighted by atomic mass is 10.1. The third-order valence-electron chi connectivity index (χ3n) is 2.73. The number of anilines is 1. The van der Waals surface area contributed by atoms with E-state index < -0.39 is 11.7 Å². The quantitative estimate of drug-likeness (QED) is 0.882. The molecule has 1 heterocycles. The molecule has 1 N–H and O–H groups in total. The molecule has 0 atom stereocenters. The lowest BCUT2D eigenvalue weighted by Gasteiger charge is -2.13. The van der Waals surface area contributed by atoms with Crippen LogP contribution in [0.15, 0.2) is 28.7 Å². The number of aryl methyl sites for hydroxylation is 1. The zero-order valence-electron chi connectivity index (χ0n) is 10.7. The number of hydrogen-bond donors (Lipinski definition) is 1. The van der Waals surface area contributed by atoms with Crippen LogP contribution in [0.5, 0.6) is 0 Å². The Bertz CT molecular complexity index is 641. The van der Waals surface area contributed by atoms with Gasteiger partial charge in [0, 0.05) is 12.6 Å². The summed E-state index contributed by atoms with van der Waals surface area (Å²) >= 11 is 3.30. The molecule has 0 saturated heterocycles. The Hall–Kier alpha value is -1.63. The van der Waals surface area contributed by atoms with Gasteiger partial charge in [-0.05, 0) is 28.9 Å². The lowest BCUT2D eigenvalue weighted by molar-refractivity contribution is -0.137. The van der Waals surface area contributed by atoms with Crippen LogP contribution < -0.4 is 5.32 Å². The maximum Gasteiger partial charge on any atom is 0.417 e. The number of alkyl halides is 3. The van der Waals surface area contributed by atoms with E-state index in [2.05, 4.69) is 31.2 Å². The summed E-state index contributed by atoms with van der Waals surface area (Å²) in [6.07, 6.45) is -4.44. The summed E-state index contributed by atoms with van der Waals surface area (Å²) in [6, 6.07) is 5.27. The molecule has 0 bridgehead atoms. The first kappa shape index (κ1) is 14.8. The topological polar surface area (TPSA) is 37.8 Å². The molecular formula is C13H11BrF3N3. The minimum absolute atomic E-state index is 0.0351. The summed E-state index contributed by atoms with van der Waals surface area (Å²) in [5.41, 5.74) is -0.216. The highest BCUT2D eigenvalue weighted by Crippen LogP contribution is 2.36. The van der Waals surface area contributed by atoms with Crippen LogP contribution in [0.2, 0.25) is 0 Å². The predicted octanol–water partition coefficient (Wildman–Crippen LogP) is 4.28. The molecule has 106 valence electrons. The van der Waals surface area contributed by atoms with E-state index in [9.17, 15) is 13.2 Å². The molecule has 0 amide bonds. The van der Waals surface area contributed by atoms with Gasteiger partial charge in [0.15, 0.2) is 5.82 Å². The maximum atomic E-state index is 13.0. The number of nitrogens with one attached hydrogen (secondary N) is 1. The van der Waals surface area contributed by atoms with E-state index in [-0.39, 0.29) is 11.4 Å². The van der Waals surface area contributed by atoms with E-state index in [1.54, 1.807) is 14.0 Å². The zero-order chi connectivity index (χ0) is 14.9. The number of nitrogens with zero attached hydrogens (tertiary/aromatic N) is 2. The molecule has 0 aliphatic heterocycles. The molecule has 0 aliphatic rings. The molecule has 1 aromatic carbocycles. The Labute approximate surface area is 122 Å². The van der Waals surface area contributed by atoms with E-state index >= 15 is 0 Å². The molecule has 3 nitrogen and oxygen atoms in total. The molecule has 2 rings (SSSR count). The van der Waals surface area contributed by atoms with Gasteiger partial charge in [-0.2, -0.15) is 13.2 Å². The minimum Gasteiger partial charge on any atom is -0.372 e. The Morgan fingerprint density at radius 2 is 1.80 bits per heavy atom. The molecule has 0 spiro atoms. The van der Waals surface area contributed by atoms with Crippen molar-refractivity contribution in [3.8, 4) is 11.4 Å². The monoisotopic (exact) mass is 345 g/mol. The molecule has 0 aliphatic carbocycles.